The molecule has 0 N–H and O–H groups in total. The monoisotopic (exact) mass is 256 g/mol. The molecule has 4 nitrogen and oxygen atoms in total. The summed E-state index contributed by atoms with van der Waals surface area (Å²) in [4.78, 5) is 0. The Morgan fingerprint density at radius 2 is 2.21 bits per heavy atom. The van der Waals surface area contributed by atoms with E-state index < -0.39 is 0 Å². The van der Waals surface area contributed by atoms with Gasteiger partial charge in [-0.3, -0.25) is 0 Å². The summed E-state index contributed by atoms with van der Waals surface area (Å²) in [5.41, 5.74) is 0.637. The molecular formula is C8H6BrFN4. The molecule has 0 aliphatic rings. The smallest absolute Gasteiger partial charge is 0.182 e. The van der Waals surface area contributed by atoms with Crippen molar-refractivity contribution in [2.75, 3.05) is 0 Å². The highest BCUT2D eigenvalue weighted by molar-refractivity contribution is 9.10. The Labute approximate surface area is 87.9 Å². The van der Waals surface area contributed by atoms with Crippen LogP contribution in [0.4, 0.5) is 4.39 Å². The summed E-state index contributed by atoms with van der Waals surface area (Å²) in [6, 6.07) is 4.38. The molecule has 2 rings (SSSR count). The van der Waals surface area contributed by atoms with Gasteiger partial charge in [-0.05, 0) is 28.6 Å². The van der Waals surface area contributed by atoms with Gasteiger partial charge in [0.15, 0.2) is 5.82 Å². The van der Waals surface area contributed by atoms with E-state index in [1.165, 1.54) is 16.8 Å². The van der Waals surface area contributed by atoms with Crippen LogP contribution in [0.3, 0.4) is 0 Å². The van der Waals surface area contributed by atoms with Crippen molar-refractivity contribution < 1.29 is 4.39 Å². The molecule has 0 amide bonds. The highest BCUT2D eigenvalue weighted by atomic mass is 79.9. The lowest BCUT2D eigenvalue weighted by Crippen LogP contribution is -1.95. The quantitative estimate of drug-likeness (QED) is 0.782. The average molecular weight is 257 g/mol. The number of nitrogens with zero attached hydrogens (tertiary/aromatic N) is 4. The van der Waals surface area contributed by atoms with Crippen LogP contribution < -0.4 is 0 Å². The van der Waals surface area contributed by atoms with Gasteiger partial charge in [0.05, 0.1) is 0 Å². The van der Waals surface area contributed by atoms with Gasteiger partial charge in [-0.15, -0.1) is 5.10 Å². The van der Waals surface area contributed by atoms with Crippen LogP contribution in [-0.4, -0.2) is 20.2 Å². The number of halogens is 2. The first-order chi connectivity index (χ1) is 6.68. The first-order valence-electron chi connectivity index (χ1n) is 3.86. The Balaban J connectivity index is 2.62. The first-order valence-corrected chi connectivity index (χ1v) is 4.65. The van der Waals surface area contributed by atoms with Crippen LogP contribution in [0.5, 0.6) is 0 Å². The molecule has 0 atom stereocenters. The Hall–Kier alpha value is -1.30. The zero-order valence-corrected chi connectivity index (χ0v) is 8.86. The molecule has 0 bridgehead atoms. The molecule has 0 saturated carbocycles. The van der Waals surface area contributed by atoms with E-state index >= 15 is 0 Å². The minimum atomic E-state index is -0.314. The molecule has 14 heavy (non-hydrogen) atoms. The van der Waals surface area contributed by atoms with Crippen molar-refractivity contribution in [3.63, 3.8) is 0 Å². The number of aromatic nitrogens is 4. The summed E-state index contributed by atoms with van der Waals surface area (Å²) < 4.78 is 15.2. The van der Waals surface area contributed by atoms with E-state index in [9.17, 15) is 4.39 Å². The van der Waals surface area contributed by atoms with E-state index in [4.69, 9.17) is 0 Å². The molecule has 1 heterocycles. The largest absolute Gasteiger partial charge is 0.229 e. The molecule has 0 fully saturated rings. The highest BCUT2D eigenvalue weighted by Crippen LogP contribution is 2.26. The maximum absolute atomic E-state index is 13.0. The van der Waals surface area contributed by atoms with E-state index in [0.717, 1.165) is 4.47 Å². The van der Waals surface area contributed by atoms with Crippen LogP contribution in [0.15, 0.2) is 22.7 Å². The molecule has 0 saturated heterocycles. The van der Waals surface area contributed by atoms with Gasteiger partial charge in [-0.1, -0.05) is 15.9 Å². The molecule has 0 aliphatic heterocycles. The third-order valence-corrected chi connectivity index (χ3v) is 2.48. The number of hydrogen-bond donors (Lipinski definition) is 0. The normalized spacial score (nSPS) is 10.5. The number of aryl methyl sites for hydroxylation is 1. The van der Waals surface area contributed by atoms with Gasteiger partial charge in [0.25, 0.3) is 0 Å². The van der Waals surface area contributed by atoms with Gasteiger partial charge in [-0.2, -0.15) is 0 Å². The molecule has 2 aromatic rings. The second-order valence-electron chi connectivity index (χ2n) is 2.75. The SMILES string of the molecule is Cn1nnnc1-c1cc(F)ccc1Br. The number of benzene rings is 1. The van der Waals surface area contributed by atoms with Crippen LogP contribution in [0.1, 0.15) is 0 Å². The first kappa shape index (κ1) is 9.26. The second-order valence-corrected chi connectivity index (χ2v) is 3.60. The fourth-order valence-electron chi connectivity index (χ4n) is 1.13. The van der Waals surface area contributed by atoms with Crippen LogP contribution in [0.25, 0.3) is 11.4 Å². The maximum atomic E-state index is 13.0. The maximum Gasteiger partial charge on any atom is 0.182 e. The van der Waals surface area contributed by atoms with Crippen molar-refractivity contribution >= 4 is 15.9 Å². The number of rotatable bonds is 1. The van der Waals surface area contributed by atoms with Gasteiger partial charge in [0, 0.05) is 17.1 Å². The van der Waals surface area contributed by atoms with Crippen LogP contribution in [-0.2, 0) is 7.05 Å². The van der Waals surface area contributed by atoms with E-state index in [0.29, 0.717) is 11.4 Å². The van der Waals surface area contributed by atoms with Gasteiger partial charge in [0.2, 0.25) is 0 Å². The Kier molecular flexibility index (Phi) is 2.28. The zero-order valence-electron chi connectivity index (χ0n) is 7.28. The van der Waals surface area contributed by atoms with Gasteiger partial charge in [0.1, 0.15) is 5.82 Å². The summed E-state index contributed by atoms with van der Waals surface area (Å²) in [6.45, 7) is 0. The fraction of sp³-hybridized carbons (Fsp3) is 0.125. The van der Waals surface area contributed by atoms with Crippen LogP contribution in [0, 0.1) is 5.82 Å². The summed E-state index contributed by atoms with van der Waals surface area (Å²) in [5, 5.41) is 11.0. The molecule has 1 aromatic carbocycles. The fourth-order valence-corrected chi connectivity index (χ4v) is 1.55. The van der Waals surface area contributed by atoms with Crippen molar-refractivity contribution in [2.45, 2.75) is 0 Å². The predicted molar refractivity (Wildman–Crippen MR) is 51.9 cm³/mol. The predicted octanol–water partition coefficient (Wildman–Crippen LogP) is 1.78. The number of tetrazole rings is 1. The molecule has 0 radical (unpaired) electrons. The van der Waals surface area contributed by atoms with Crippen molar-refractivity contribution in [3.8, 4) is 11.4 Å². The zero-order chi connectivity index (χ0) is 10.1. The standard InChI is InChI=1S/C8H6BrFN4/c1-14-8(11-12-13-14)6-4-5(10)2-3-7(6)9/h2-4H,1H3. The van der Waals surface area contributed by atoms with E-state index in [2.05, 4.69) is 31.5 Å². The molecular weight excluding hydrogens is 251 g/mol. The van der Waals surface area contributed by atoms with Crippen molar-refractivity contribution in [1.82, 2.24) is 20.2 Å². The van der Waals surface area contributed by atoms with Gasteiger partial charge in [-0.25, -0.2) is 9.07 Å². The molecule has 0 unspecified atom stereocenters. The van der Waals surface area contributed by atoms with E-state index in [-0.39, 0.29) is 5.82 Å². The molecule has 0 aliphatic carbocycles. The van der Waals surface area contributed by atoms with Gasteiger partial charge >= 0.3 is 0 Å². The van der Waals surface area contributed by atoms with Crippen molar-refractivity contribution in [3.05, 3.63) is 28.5 Å². The lowest BCUT2D eigenvalue weighted by atomic mass is 10.2. The second kappa shape index (κ2) is 3.45. The van der Waals surface area contributed by atoms with Gasteiger partial charge < -0.3 is 0 Å². The summed E-state index contributed by atoms with van der Waals surface area (Å²) in [7, 11) is 1.70. The third-order valence-electron chi connectivity index (χ3n) is 1.79. The number of hydrogen-bond acceptors (Lipinski definition) is 3. The third kappa shape index (κ3) is 1.52. The minimum Gasteiger partial charge on any atom is -0.229 e. The molecule has 0 spiro atoms. The summed E-state index contributed by atoms with van der Waals surface area (Å²) in [5.74, 6) is 0.211. The summed E-state index contributed by atoms with van der Waals surface area (Å²) in [6.07, 6.45) is 0. The lowest BCUT2D eigenvalue weighted by molar-refractivity contribution is 0.627. The Morgan fingerprint density at radius 3 is 2.86 bits per heavy atom. The molecule has 1 aromatic heterocycles. The van der Waals surface area contributed by atoms with Crippen molar-refractivity contribution in [2.24, 2.45) is 7.05 Å². The van der Waals surface area contributed by atoms with Crippen LogP contribution in [0.2, 0.25) is 0 Å². The molecule has 6 heteroatoms. The molecule has 72 valence electrons. The Morgan fingerprint density at radius 1 is 1.43 bits per heavy atom. The minimum absolute atomic E-state index is 0.314. The summed E-state index contributed by atoms with van der Waals surface area (Å²) >= 11 is 3.31. The average Bonchev–Trinajstić information content (AvgIpc) is 2.56. The lowest BCUT2D eigenvalue weighted by Gasteiger charge is -2.01. The van der Waals surface area contributed by atoms with Crippen molar-refractivity contribution in [1.29, 1.82) is 0 Å². The van der Waals surface area contributed by atoms with E-state index in [1.54, 1.807) is 13.1 Å². The highest BCUT2D eigenvalue weighted by Gasteiger charge is 2.10. The van der Waals surface area contributed by atoms with Crippen LogP contribution >= 0.6 is 15.9 Å². The van der Waals surface area contributed by atoms with E-state index in [1.807, 2.05) is 0 Å². The Bertz CT molecular complexity index is 468. The topological polar surface area (TPSA) is 43.6 Å².